The van der Waals surface area contributed by atoms with E-state index in [2.05, 4.69) is 5.32 Å². The van der Waals surface area contributed by atoms with Crippen molar-refractivity contribution in [1.82, 2.24) is 5.32 Å². The van der Waals surface area contributed by atoms with Crippen LogP contribution in [0, 0.1) is 16.7 Å². The maximum Gasteiger partial charge on any atom is 0.338 e. The van der Waals surface area contributed by atoms with Gasteiger partial charge in [0.15, 0.2) is 37.7 Å². The maximum absolute atomic E-state index is 15.8. The minimum absolute atomic E-state index is 0.0107. The standard InChI is InChI=1S/C55H65NO15Si/c1-32-39(68-50(64)44(71-72(11,12)51(5,6)7)42(36-22-16-13-17-23-36)56-48(62)37-24-18-14-19-25-37)30-55(65)47(69-49(63)38-26-20-15-21-27-38)45-53(10,46(61)43(67-34(3)58)41(32)52(55,8)9)40(60)28-29-54(45,70-35(4)59)31-66-33(2)57/h13-29,39,42-45,47,65H,30-31H2,1-12H3,(H,56,62)/t39-,42-,43+,44+,45-,47-,53+,54+,55+/m0/s1. The van der Waals surface area contributed by atoms with Gasteiger partial charge < -0.3 is 38.5 Å². The minimum Gasteiger partial charge on any atom is -0.461 e. The maximum atomic E-state index is 15.8. The van der Waals surface area contributed by atoms with E-state index < -0.39 is 132 Å². The number of allylic oxidation sites excluding steroid dienone is 1. The highest BCUT2D eigenvalue weighted by molar-refractivity contribution is 6.74. The van der Waals surface area contributed by atoms with Crippen LogP contribution >= 0.6 is 0 Å². The molecule has 0 aromatic heterocycles. The molecular weight excluding hydrogens is 943 g/mol. The second kappa shape index (κ2) is 20.5. The second-order valence-corrected chi connectivity index (χ2v) is 25.8. The Labute approximate surface area is 420 Å². The fourth-order valence-corrected chi connectivity index (χ4v) is 11.3. The summed E-state index contributed by atoms with van der Waals surface area (Å²) in [6, 6.07) is 23.6. The lowest BCUT2D eigenvalue weighted by Crippen LogP contribution is -2.75. The van der Waals surface area contributed by atoms with Gasteiger partial charge in [0.2, 0.25) is 0 Å². The van der Waals surface area contributed by atoms with Gasteiger partial charge in [0, 0.05) is 38.2 Å². The molecule has 17 heteroatoms. The normalized spacial score (nSPS) is 26.6. The van der Waals surface area contributed by atoms with Crippen LogP contribution in [0.25, 0.3) is 0 Å². The van der Waals surface area contributed by atoms with Crippen molar-refractivity contribution < 1.29 is 71.6 Å². The molecule has 72 heavy (non-hydrogen) atoms. The van der Waals surface area contributed by atoms with E-state index in [9.17, 15) is 33.9 Å². The van der Waals surface area contributed by atoms with E-state index in [-0.39, 0.29) is 16.7 Å². The van der Waals surface area contributed by atoms with E-state index in [0.29, 0.717) is 11.1 Å². The van der Waals surface area contributed by atoms with Crippen molar-refractivity contribution in [3.63, 3.8) is 0 Å². The highest BCUT2D eigenvalue weighted by Gasteiger charge is 2.74. The number of ether oxygens (including phenoxy) is 5. The van der Waals surface area contributed by atoms with Crippen LogP contribution in [0.5, 0.6) is 0 Å². The zero-order valence-corrected chi connectivity index (χ0v) is 43.9. The van der Waals surface area contributed by atoms with Crippen LogP contribution in [-0.4, -0.2) is 103 Å². The van der Waals surface area contributed by atoms with E-state index in [1.54, 1.807) is 78.9 Å². The summed E-state index contributed by atoms with van der Waals surface area (Å²) in [5.41, 5.74) is -8.33. The average molecular weight is 1010 g/mol. The molecule has 2 N–H and O–H groups in total. The number of benzene rings is 3. The Morgan fingerprint density at radius 2 is 1.33 bits per heavy atom. The van der Waals surface area contributed by atoms with Gasteiger partial charge in [-0.05, 0) is 85.1 Å². The van der Waals surface area contributed by atoms with Gasteiger partial charge in [-0.1, -0.05) is 101 Å². The molecule has 0 radical (unpaired) electrons. The predicted molar refractivity (Wildman–Crippen MR) is 264 cm³/mol. The number of rotatable bonds is 14. The number of hydrogen-bond acceptors (Lipinski definition) is 15. The summed E-state index contributed by atoms with van der Waals surface area (Å²) < 4.78 is 37.5. The van der Waals surface area contributed by atoms with Gasteiger partial charge in [-0.15, -0.1) is 0 Å². The average Bonchev–Trinajstić information content (AvgIpc) is 3.31. The van der Waals surface area contributed by atoms with E-state index in [4.69, 9.17) is 28.1 Å². The molecule has 1 saturated carbocycles. The zero-order valence-electron chi connectivity index (χ0n) is 42.9. The van der Waals surface area contributed by atoms with Crippen molar-refractivity contribution >= 4 is 55.6 Å². The molecule has 0 heterocycles. The molecular formula is C55H65NO15Si. The van der Waals surface area contributed by atoms with Gasteiger partial charge in [-0.2, -0.15) is 0 Å². The summed E-state index contributed by atoms with van der Waals surface area (Å²) in [7, 11) is -2.98. The summed E-state index contributed by atoms with van der Waals surface area (Å²) in [6.07, 6.45) is -5.68. The van der Waals surface area contributed by atoms with Gasteiger partial charge in [-0.25, -0.2) is 9.59 Å². The number of Topliss-reactive ketones (excluding diaryl/α,β-unsaturated/α-hetero) is 1. The number of nitrogens with one attached hydrogen (secondary N) is 1. The van der Waals surface area contributed by atoms with Crippen LogP contribution in [0.15, 0.2) is 114 Å². The summed E-state index contributed by atoms with van der Waals surface area (Å²) in [4.78, 5) is 114. The van der Waals surface area contributed by atoms with E-state index in [1.807, 2.05) is 33.9 Å². The molecule has 1 amide bonds. The highest BCUT2D eigenvalue weighted by Crippen LogP contribution is 2.61. The molecule has 0 aliphatic heterocycles. The highest BCUT2D eigenvalue weighted by atomic mass is 28.4. The van der Waals surface area contributed by atoms with Crippen LogP contribution < -0.4 is 5.32 Å². The first-order valence-corrected chi connectivity index (χ1v) is 26.7. The van der Waals surface area contributed by atoms with Crippen molar-refractivity contribution in [3.8, 4) is 0 Å². The van der Waals surface area contributed by atoms with Gasteiger partial charge in [0.05, 0.1) is 17.5 Å². The molecule has 0 saturated heterocycles. The van der Waals surface area contributed by atoms with Crippen molar-refractivity contribution in [2.45, 2.75) is 135 Å². The summed E-state index contributed by atoms with van der Waals surface area (Å²) in [6.45, 7) is 17.9. The molecule has 384 valence electrons. The fourth-order valence-electron chi connectivity index (χ4n) is 10.1. The van der Waals surface area contributed by atoms with Crippen molar-refractivity contribution in [1.29, 1.82) is 0 Å². The Kier molecular flexibility index (Phi) is 15.6. The first-order chi connectivity index (χ1) is 33.5. The number of aliphatic hydroxyl groups is 1. The third kappa shape index (κ3) is 10.4. The van der Waals surface area contributed by atoms with E-state index in [0.717, 1.165) is 32.9 Å². The molecule has 3 aromatic carbocycles. The smallest absolute Gasteiger partial charge is 0.338 e. The molecule has 1 fully saturated rings. The van der Waals surface area contributed by atoms with Crippen LogP contribution in [-0.2, 0) is 56.9 Å². The number of ketones is 2. The number of carbonyl (C=O) groups excluding carboxylic acids is 8. The fraction of sp³-hybridized carbons (Fsp3) is 0.455. The summed E-state index contributed by atoms with van der Waals surface area (Å²) in [5, 5.41) is 16.6. The van der Waals surface area contributed by atoms with Crippen molar-refractivity contribution in [3.05, 3.63) is 131 Å². The Balaban J connectivity index is 1.64. The van der Waals surface area contributed by atoms with Gasteiger partial charge >= 0.3 is 29.8 Å². The van der Waals surface area contributed by atoms with Crippen molar-refractivity contribution in [2.75, 3.05) is 6.61 Å². The predicted octanol–water partition coefficient (Wildman–Crippen LogP) is 7.30. The lowest BCUT2D eigenvalue weighted by atomic mass is 9.47. The van der Waals surface area contributed by atoms with Crippen LogP contribution in [0.2, 0.25) is 18.1 Å². The Morgan fingerprint density at radius 3 is 1.86 bits per heavy atom. The molecule has 3 aliphatic rings. The van der Waals surface area contributed by atoms with Gasteiger partial charge in [-0.3, -0.25) is 28.8 Å². The molecule has 16 nitrogen and oxygen atoms in total. The molecule has 0 spiro atoms. The molecule has 2 bridgehead atoms. The first kappa shape index (κ1) is 54.8. The van der Waals surface area contributed by atoms with Gasteiger partial charge in [0.1, 0.15) is 29.8 Å². The number of esters is 5. The van der Waals surface area contributed by atoms with E-state index in [1.165, 1.54) is 39.8 Å². The topological polar surface area (TPSA) is 224 Å². The van der Waals surface area contributed by atoms with Crippen molar-refractivity contribution in [2.24, 2.45) is 16.7 Å². The SMILES string of the molecule is CC(=O)OC[C@]1(OC(C)=O)C=CC(=O)[C@@]2(C)C(=O)[C@H](OC(C)=O)C3=C(C)[C@@H](OC(=O)[C@H](O[Si](C)(C)C(C)(C)C)[C@@H](NC(=O)c4ccccc4)c4ccccc4)C[C@@](O)([C@@H](OC(=O)c4ccccc4)[C@@H]21)C3(C)C. The van der Waals surface area contributed by atoms with Crippen LogP contribution in [0.1, 0.15) is 108 Å². The molecule has 0 unspecified atom stereocenters. The number of carbonyl (C=O) groups is 8. The number of fused-ring (bicyclic) bond motifs is 3. The lowest BCUT2D eigenvalue weighted by Gasteiger charge is -2.61. The molecule has 3 aromatic rings. The Morgan fingerprint density at radius 1 is 0.778 bits per heavy atom. The molecule has 3 aliphatic carbocycles. The minimum atomic E-state index is -2.98. The first-order valence-electron chi connectivity index (χ1n) is 23.8. The lowest BCUT2D eigenvalue weighted by molar-refractivity contribution is -0.239. The molecule has 9 atom stereocenters. The summed E-state index contributed by atoms with van der Waals surface area (Å²) in [5.74, 6) is -9.25. The zero-order chi connectivity index (χ0) is 53.4. The summed E-state index contributed by atoms with van der Waals surface area (Å²) >= 11 is 0. The number of amides is 1. The third-order valence-corrected chi connectivity index (χ3v) is 19.4. The third-order valence-electron chi connectivity index (χ3n) is 15.0. The van der Waals surface area contributed by atoms with Gasteiger partial charge in [0.25, 0.3) is 5.91 Å². The second-order valence-electron chi connectivity index (χ2n) is 21.1. The van der Waals surface area contributed by atoms with Crippen LogP contribution in [0.4, 0.5) is 0 Å². The molecule has 6 rings (SSSR count). The Bertz CT molecular complexity index is 2680. The quantitative estimate of drug-likeness (QED) is 0.0531. The van der Waals surface area contributed by atoms with Crippen LogP contribution in [0.3, 0.4) is 0 Å². The largest absolute Gasteiger partial charge is 0.461 e. The van der Waals surface area contributed by atoms with E-state index >= 15 is 9.59 Å². The monoisotopic (exact) mass is 1010 g/mol. The Hall–Kier alpha value is -6.56. The number of hydrogen-bond donors (Lipinski definition) is 2.